The van der Waals surface area contributed by atoms with Gasteiger partial charge in [-0.1, -0.05) is 0 Å². The summed E-state index contributed by atoms with van der Waals surface area (Å²) in [6.45, 7) is 7.98. The molecule has 1 aliphatic heterocycles. The molecule has 1 unspecified atom stereocenters. The number of hydrogen-bond acceptors (Lipinski definition) is 3. The molecule has 0 spiro atoms. The molecule has 124 valence electrons. The first-order valence-corrected chi connectivity index (χ1v) is 8.10. The Bertz CT molecular complexity index is 516. The summed E-state index contributed by atoms with van der Waals surface area (Å²) in [4.78, 5) is 14.0. The Kier molecular flexibility index (Phi) is 5.45. The summed E-state index contributed by atoms with van der Waals surface area (Å²) < 4.78 is 1.88. The number of nitrogens with one attached hydrogen (secondary N) is 1. The minimum absolute atomic E-state index is 0.00300. The van der Waals surface area contributed by atoms with E-state index in [4.69, 9.17) is 0 Å². The number of rotatable bonds is 4. The fraction of sp³-hybridized carbons (Fsp3) is 0.750. The maximum absolute atomic E-state index is 12.2. The lowest BCUT2D eigenvalue weighted by atomic mass is 9.92. The Labute approximate surface area is 132 Å². The molecule has 6 nitrogen and oxygen atoms in total. The molecule has 1 atom stereocenters. The lowest BCUT2D eigenvalue weighted by Gasteiger charge is -2.33. The molecule has 6 heteroatoms. The van der Waals surface area contributed by atoms with Crippen LogP contribution < -0.4 is 5.32 Å². The van der Waals surface area contributed by atoms with Crippen molar-refractivity contribution in [2.45, 2.75) is 46.1 Å². The van der Waals surface area contributed by atoms with E-state index in [1.807, 2.05) is 30.5 Å². The predicted octanol–water partition coefficient (Wildman–Crippen LogP) is 1.38. The molecule has 1 aliphatic rings. The number of aliphatic hydroxyl groups excluding tert-OH is 1. The van der Waals surface area contributed by atoms with Crippen LogP contribution in [-0.2, 0) is 13.5 Å². The maximum Gasteiger partial charge on any atom is 0.317 e. The number of carbonyl (C=O) groups is 1. The average Bonchev–Trinajstić information content (AvgIpc) is 2.73. The smallest absolute Gasteiger partial charge is 0.317 e. The quantitative estimate of drug-likeness (QED) is 0.883. The molecule has 0 saturated carbocycles. The number of amides is 2. The molecule has 0 aliphatic carbocycles. The highest BCUT2D eigenvalue weighted by Gasteiger charge is 2.25. The Morgan fingerprint density at radius 1 is 1.41 bits per heavy atom. The predicted molar refractivity (Wildman–Crippen MR) is 85.8 cm³/mol. The third-order valence-electron chi connectivity index (χ3n) is 4.82. The lowest BCUT2D eigenvalue weighted by molar-refractivity contribution is 0.0799. The highest BCUT2D eigenvalue weighted by atomic mass is 16.3. The zero-order chi connectivity index (χ0) is 16.3. The zero-order valence-corrected chi connectivity index (χ0v) is 14.1. The summed E-state index contributed by atoms with van der Waals surface area (Å²) in [5.41, 5.74) is 3.41. The van der Waals surface area contributed by atoms with E-state index in [2.05, 4.69) is 17.3 Å². The summed E-state index contributed by atoms with van der Waals surface area (Å²) in [6.07, 6.45) is 2.29. The van der Waals surface area contributed by atoms with Crippen LogP contribution in [0, 0.1) is 19.8 Å². The van der Waals surface area contributed by atoms with E-state index in [0.29, 0.717) is 12.5 Å². The van der Waals surface area contributed by atoms with Gasteiger partial charge >= 0.3 is 6.03 Å². The van der Waals surface area contributed by atoms with Gasteiger partial charge in [0.1, 0.15) is 0 Å². The maximum atomic E-state index is 12.2. The van der Waals surface area contributed by atoms with Crippen molar-refractivity contribution in [3.63, 3.8) is 0 Å². The summed E-state index contributed by atoms with van der Waals surface area (Å²) in [7, 11) is 1.94. The van der Waals surface area contributed by atoms with Crippen LogP contribution >= 0.6 is 0 Å². The van der Waals surface area contributed by atoms with Crippen molar-refractivity contribution in [2.75, 3.05) is 19.6 Å². The lowest BCUT2D eigenvalue weighted by Crippen LogP contribution is -2.46. The number of carbonyl (C=O) groups excluding carboxylic acids is 1. The van der Waals surface area contributed by atoms with Crippen molar-refractivity contribution in [1.82, 2.24) is 20.0 Å². The number of likely N-dealkylation sites (tertiary alicyclic amines) is 1. The molecule has 1 aromatic heterocycles. The second-order valence-electron chi connectivity index (χ2n) is 6.32. The first-order valence-electron chi connectivity index (χ1n) is 8.10. The molecule has 1 aromatic rings. The molecule has 1 fully saturated rings. The molecular weight excluding hydrogens is 280 g/mol. The van der Waals surface area contributed by atoms with Gasteiger partial charge in [0.2, 0.25) is 0 Å². The van der Waals surface area contributed by atoms with Crippen molar-refractivity contribution in [3.8, 4) is 0 Å². The van der Waals surface area contributed by atoms with Gasteiger partial charge in [0.05, 0.1) is 11.8 Å². The third-order valence-corrected chi connectivity index (χ3v) is 4.82. The number of piperidine rings is 1. The number of nitrogens with zero attached hydrogens (tertiary/aromatic N) is 3. The van der Waals surface area contributed by atoms with Crippen LogP contribution in [0.25, 0.3) is 0 Å². The number of hydrogen-bond donors (Lipinski definition) is 2. The summed E-state index contributed by atoms with van der Waals surface area (Å²) in [6, 6.07) is 0.00300. The minimum atomic E-state index is -0.276. The van der Waals surface area contributed by atoms with Crippen molar-refractivity contribution in [3.05, 3.63) is 17.0 Å². The Hall–Kier alpha value is -1.56. The van der Waals surface area contributed by atoms with E-state index in [1.54, 1.807) is 0 Å². The van der Waals surface area contributed by atoms with Crippen molar-refractivity contribution in [2.24, 2.45) is 13.0 Å². The second-order valence-corrected chi connectivity index (χ2v) is 6.32. The molecule has 0 radical (unpaired) electrons. The van der Waals surface area contributed by atoms with Gasteiger partial charge in [0, 0.05) is 32.4 Å². The number of aromatic nitrogens is 2. The van der Waals surface area contributed by atoms with Crippen LogP contribution in [-0.4, -0.2) is 51.6 Å². The van der Waals surface area contributed by atoms with Crippen LogP contribution in [0.2, 0.25) is 0 Å². The minimum Gasteiger partial charge on any atom is -0.393 e. The van der Waals surface area contributed by atoms with Crippen molar-refractivity contribution in [1.29, 1.82) is 0 Å². The molecule has 0 bridgehead atoms. The van der Waals surface area contributed by atoms with Crippen LogP contribution in [0.5, 0.6) is 0 Å². The number of aryl methyl sites for hydroxylation is 2. The van der Waals surface area contributed by atoms with E-state index >= 15 is 0 Å². The van der Waals surface area contributed by atoms with Gasteiger partial charge < -0.3 is 15.3 Å². The summed E-state index contributed by atoms with van der Waals surface area (Å²) in [5, 5.41) is 17.0. The van der Waals surface area contributed by atoms with Gasteiger partial charge in [-0.2, -0.15) is 5.10 Å². The molecule has 0 aromatic carbocycles. The average molecular weight is 308 g/mol. The van der Waals surface area contributed by atoms with Gasteiger partial charge in [0.15, 0.2) is 0 Å². The van der Waals surface area contributed by atoms with Gasteiger partial charge in [0.25, 0.3) is 0 Å². The fourth-order valence-electron chi connectivity index (χ4n) is 3.17. The molecular formula is C16H28N4O2. The molecule has 2 rings (SSSR count). The molecule has 2 heterocycles. The zero-order valence-electron chi connectivity index (χ0n) is 14.1. The van der Waals surface area contributed by atoms with E-state index < -0.39 is 0 Å². The molecule has 1 saturated heterocycles. The van der Waals surface area contributed by atoms with Crippen LogP contribution in [0.15, 0.2) is 0 Å². The van der Waals surface area contributed by atoms with Crippen LogP contribution in [0.3, 0.4) is 0 Å². The van der Waals surface area contributed by atoms with Gasteiger partial charge in [-0.3, -0.25) is 4.68 Å². The summed E-state index contributed by atoms with van der Waals surface area (Å²) >= 11 is 0. The monoisotopic (exact) mass is 308 g/mol. The van der Waals surface area contributed by atoms with Gasteiger partial charge in [-0.05, 0) is 51.5 Å². The fourth-order valence-corrected chi connectivity index (χ4v) is 3.17. The number of urea groups is 1. The topological polar surface area (TPSA) is 70.4 Å². The van der Waals surface area contributed by atoms with Gasteiger partial charge in [-0.25, -0.2) is 4.79 Å². The first kappa shape index (κ1) is 16.8. The molecule has 2 amide bonds. The van der Waals surface area contributed by atoms with E-state index in [9.17, 15) is 9.90 Å². The summed E-state index contributed by atoms with van der Waals surface area (Å²) in [5.74, 6) is 0.324. The normalized spacial score (nSPS) is 17.6. The van der Waals surface area contributed by atoms with Gasteiger partial charge in [-0.15, -0.1) is 0 Å². The Balaban J connectivity index is 1.77. The largest absolute Gasteiger partial charge is 0.393 e. The van der Waals surface area contributed by atoms with Crippen LogP contribution in [0.4, 0.5) is 4.79 Å². The first-order chi connectivity index (χ1) is 10.4. The van der Waals surface area contributed by atoms with E-state index in [-0.39, 0.29) is 12.1 Å². The van der Waals surface area contributed by atoms with Crippen LogP contribution in [0.1, 0.15) is 36.7 Å². The van der Waals surface area contributed by atoms with E-state index in [1.165, 1.54) is 5.56 Å². The highest BCUT2D eigenvalue weighted by molar-refractivity contribution is 5.74. The van der Waals surface area contributed by atoms with E-state index in [0.717, 1.165) is 43.7 Å². The Morgan fingerprint density at radius 3 is 2.55 bits per heavy atom. The van der Waals surface area contributed by atoms with Crippen molar-refractivity contribution >= 4 is 6.03 Å². The van der Waals surface area contributed by atoms with Crippen molar-refractivity contribution < 1.29 is 9.90 Å². The Morgan fingerprint density at radius 2 is 2.05 bits per heavy atom. The highest BCUT2D eigenvalue weighted by Crippen LogP contribution is 2.20. The third kappa shape index (κ3) is 3.80. The standard InChI is InChI=1S/C16H28N4O2/c1-11-15(12(2)19(4)18-11)5-8-17-16(22)20-9-6-14(7-10-20)13(3)21/h13-14,21H,5-10H2,1-4H3,(H,17,22). The number of aliphatic hydroxyl groups is 1. The molecule has 2 N–H and O–H groups in total. The second kappa shape index (κ2) is 7.13. The molecule has 22 heavy (non-hydrogen) atoms. The SMILES string of the molecule is Cc1nn(C)c(C)c1CCNC(=O)N1CCC(C(C)O)CC1.